The number of Topliss-reactive ketones (excluding diaryl/α,β-unsaturated/α-hetero) is 1. The summed E-state index contributed by atoms with van der Waals surface area (Å²) in [6.45, 7) is 7.27. The van der Waals surface area contributed by atoms with Gasteiger partial charge < -0.3 is 30.9 Å². The first-order valence-electron chi connectivity index (χ1n) is 7.35. The van der Waals surface area contributed by atoms with E-state index < -0.39 is 6.09 Å². The highest BCUT2D eigenvalue weighted by molar-refractivity contribution is 5.75. The van der Waals surface area contributed by atoms with Crippen LogP contribution in [0, 0.1) is 0 Å². The van der Waals surface area contributed by atoms with E-state index in [1.165, 1.54) is 20.9 Å². The fourth-order valence-corrected chi connectivity index (χ4v) is 0.575. The van der Waals surface area contributed by atoms with E-state index in [2.05, 4.69) is 31.6 Å². The minimum absolute atomic E-state index is 0.0926. The lowest BCUT2D eigenvalue weighted by molar-refractivity contribution is -0.120. The molecule has 0 aromatic carbocycles. The molecule has 0 aliphatic heterocycles. The van der Waals surface area contributed by atoms with E-state index in [9.17, 15) is 19.2 Å². The highest BCUT2D eigenvalue weighted by Crippen LogP contribution is 1.68. The molecule has 24 heavy (non-hydrogen) atoms. The topological polar surface area (TPSA) is 138 Å². The van der Waals surface area contributed by atoms with Crippen molar-refractivity contribution < 1.29 is 24.0 Å². The summed E-state index contributed by atoms with van der Waals surface area (Å²) in [6, 6.07) is -0.157. The molecule has 10 heteroatoms. The van der Waals surface area contributed by atoms with Crippen LogP contribution < -0.4 is 26.7 Å². The number of ketones is 1. The molecule has 0 radical (unpaired) electrons. The van der Waals surface area contributed by atoms with Crippen LogP contribution in [0.3, 0.4) is 0 Å². The summed E-state index contributed by atoms with van der Waals surface area (Å²) in [7, 11) is 6.29. The maximum absolute atomic E-state index is 10.2. The first kappa shape index (κ1) is 29.6. The van der Waals surface area contributed by atoms with Crippen molar-refractivity contribution in [1.82, 2.24) is 26.7 Å². The molecule has 0 saturated carbocycles. The Morgan fingerprint density at radius 3 is 1.38 bits per heavy atom. The average Bonchev–Trinajstić information content (AvgIpc) is 2.54. The molecule has 0 aliphatic carbocycles. The summed E-state index contributed by atoms with van der Waals surface area (Å²) in [5.41, 5.74) is 2.24. The normalized spacial score (nSPS) is 7.50. The summed E-state index contributed by atoms with van der Waals surface area (Å²) in [5, 5.41) is 9.63. The lowest BCUT2D eigenvalue weighted by atomic mass is 10.5. The molecule has 0 aliphatic rings. The largest absolute Gasteiger partial charge is 0.426 e. The Bertz CT molecular complexity index is 298. The van der Waals surface area contributed by atoms with Gasteiger partial charge in [-0.2, -0.15) is 5.48 Å². The second-order valence-corrected chi connectivity index (χ2v) is 3.89. The minimum Gasteiger partial charge on any atom is -0.359 e. The molecular formula is C14H33N5O5. The molecule has 144 valence electrons. The zero-order valence-corrected chi connectivity index (χ0v) is 16.0. The average molecular weight is 351 g/mol. The molecule has 0 saturated heterocycles. The molecule has 0 spiro atoms. The van der Waals surface area contributed by atoms with E-state index in [0.29, 0.717) is 13.0 Å². The second-order valence-electron chi connectivity index (χ2n) is 3.89. The number of hydrogen-bond acceptors (Lipinski definition) is 6. The maximum atomic E-state index is 10.2. The van der Waals surface area contributed by atoms with Gasteiger partial charge in [-0.25, -0.2) is 9.59 Å². The smallest absolute Gasteiger partial charge is 0.359 e. The van der Waals surface area contributed by atoms with Crippen molar-refractivity contribution in [2.45, 2.75) is 34.1 Å². The van der Waals surface area contributed by atoms with Gasteiger partial charge in [0.15, 0.2) is 0 Å². The maximum Gasteiger partial charge on any atom is 0.426 e. The molecule has 0 heterocycles. The zero-order chi connectivity index (χ0) is 20.0. The Morgan fingerprint density at radius 2 is 1.25 bits per heavy atom. The van der Waals surface area contributed by atoms with E-state index in [1.54, 1.807) is 21.1 Å². The van der Waals surface area contributed by atoms with Crippen molar-refractivity contribution in [1.29, 1.82) is 0 Å². The first-order valence-corrected chi connectivity index (χ1v) is 7.35. The summed E-state index contributed by atoms with van der Waals surface area (Å²) in [6.07, 6.45) is 0.131. The van der Waals surface area contributed by atoms with Gasteiger partial charge in [0.05, 0.1) is 0 Å². The molecule has 0 bridgehead atoms. The standard InChI is InChI=1S/C4H10N2O2.C4H9NO.C3H8N2O.C3H6O/c1-3-6-4(7)8-5-2;1-3-4(6)5-2;1-4-3(6)5-2;1-3(2)4/h5H,3H2,1-2H3,(H,6,7);3H2,1-2H3,(H,5,6);1-2H3,(H2,4,5,6);1-2H3. The third-order valence-corrected chi connectivity index (χ3v) is 1.57. The Balaban J connectivity index is -0.000000114. The number of carbonyl (C=O) groups is 4. The van der Waals surface area contributed by atoms with Gasteiger partial charge in [0.1, 0.15) is 5.78 Å². The summed E-state index contributed by atoms with van der Waals surface area (Å²) in [4.78, 5) is 44.0. The highest BCUT2D eigenvalue weighted by Gasteiger charge is 1.93. The van der Waals surface area contributed by atoms with Crippen molar-refractivity contribution in [3.05, 3.63) is 0 Å². The molecule has 0 fully saturated rings. The van der Waals surface area contributed by atoms with Crippen LogP contribution in [-0.2, 0) is 14.4 Å². The first-order chi connectivity index (χ1) is 11.2. The quantitative estimate of drug-likeness (QED) is 0.459. The van der Waals surface area contributed by atoms with Crippen molar-refractivity contribution in [2.75, 3.05) is 34.7 Å². The van der Waals surface area contributed by atoms with Gasteiger partial charge >= 0.3 is 12.1 Å². The fourth-order valence-electron chi connectivity index (χ4n) is 0.575. The molecule has 10 nitrogen and oxygen atoms in total. The second kappa shape index (κ2) is 25.6. The number of urea groups is 1. The molecule has 4 amide bonds. The third-order valence-electron chi connectivity index (χ3n) is 1.57. The van der Waals surface area contributed by atoms with Crippen LogP contribution in [0.5, 0.6) is 0 Å². The van der Waals surface area contributed by atoms with Crippen molar-refractivity contribution in [3.8, 4) is 0 Å². The molecule has 5 N–H and O–H groups in total. The van der Waals surface area contributed by atoms with Crippen LogP contribution in [0.2, 0.25) is 0 Å². The van der Waals surface area contributed by atoms with Crippen LogP contribution in [0.4, 0.5) is 9.59 Å². The summed E-state index contributed by atoms with van der Waals surface area (Å²) >= 11 is 0. The predicted octanol–water partition coefficient (Wildman–Crippen LogP) is 0.150. The third kappa shape index (κ3) is 50.4. The van der Waals surface area contributed by atoms with Gasteiger partial charge in [-0.1, -0.05) is 6.92 Å². The number of carbonyl (C=O) groups excluding carboxylic acids is 4. The molecule has 0 unspecified atom stereocenters. The van der Waals surface area contributed by atoms with Gasteiger partial charge in [0.2, 0.25) is 5.91 Å². The van der Waals surface area contributed by atoms with E-state index in [1.807, 2.05) is 13.8 Å². The zero-order valence-electron chi connectivity index (χ0n) is 16.0. The lowest BCUT2D eigenvalue weighted by Crippen LogP contribution is -2.28. The summed E-state index contributed by atoms with van der Waals surface area (Å²) < 4.78 is 0. The number of nitrogens with one attached hydrogen (secondary N) is 5. The van der Waals surface area contributed by atoms with E-state index in [0.717, 1.165) is 0 Å². The van der Waals surface area contributed by atoms with Gasteiger partial charge in [-0.15, -0.1) is 0 Å². The lowest BCUT2D eigenvalue weighted by Gasteiger charge is -1.99. The van der Waals surface area contributed by atoms with Crippen LogP contribution in [0.1, 0.15) is 34.1 Å². The molecule has 0 aromatic heterocycles. The van der Waals surface area contributed by atoms with Crippen LogP contribution in [0.15, 0.2) is 0 Å². The predicted molar refractivity (Wildman–Crippen MR) is 93.4 cm³/mol. The van der Waals surface area contributed by atoms with Crippen LogP contribution in [-0.4, -0.2) is 58.6 Å². The van der Waals surface area contributed by atoms with Crippen molar-refractivity contribution >= 4 is 23.8 Å². The number of rotatable bonds is 3. The fraction of sp³-hybridized carbons (Fsp3) is 0.714. The molecule has 0 atom stereocenters. The van der Waals surface area contributed by atoms with Gasteiger partial charge in [0, 0.05) is 41.2 Å². The molecule has 0 aromatic rings. The Labute approximate surface area is 144 Å². The van der Waals surface area contributed by atoms with Crippen LogP contribution >= 0.6 is 0 Å². The van der Waals surface area contributed by atoms with Crippen molar-refractivity contribution in [2.24, 2.45) is 0 Å². The van der Waals surface area contributed by atoms with E-state index in [4.69, 9.17) is 0 Å². The van der Waals surface area contributed by atoms with Gasteiger partial charge in [-0.05, 0) is 20.8 Å². The Morgan fingerprint density at radius 1 is 0.833 bits per heavy atom. The Kier molecular flexibility index (Phi) is 31.6. The monoisotopic (exact) mass is 351 g/mol. The van der Waals surface area contributed by atoms with Gasteiger partial charge in [0.25, 0.3) is 0 Å². The van der Waals surface area contributed by atoms with Crippen molar-refractivity contribution in [3.63, 3.8) is 0 Å². The number of hydroxylamine groups is 1. The minimum atomic E-state index is -0.449. The van der Waals surface area contributed by atoms with E-state index >= 15 is 0 Å². The summed E-state index contributed by atoms with van der Waals surface area (Å²) in [5.74, 6) is 0.259. The van der Waals surface area contributed by atoms with Gasteiger partial charge in [-0.3, -0.25) is 4.79 Å². The molecular weight excluding hydrogens is 318 g/mol. The number of hydrogen-bond donors (Lipinski definition) is 5. The Hall–Kier alpha value is -2.36. The SMILES string of the molecule is CC(C)=O.CCC(=O)NC.CCNC(=O)ONC.CNC(=O)NC. The molecule has 0 rings (SSSR count). The highest BCUT2D eigenvalue weighted by atomic mass is 16.7. The number of amides is 4. The van der Waals surface area contributed by atoms with Crippen LogP contribution in [0.25, 0.3) is 0 Å². The van der Waals surface area contributed by atoms with E-state index in [-0.39, 0.29) is 17.7 Å².